The molecule has 1 aromatic rings. The quantitative estimate of drug-likeness (QED) is 0.672. The van der Waals surface area contributed by atoms with Gasteiger partial charge in [-0.25, -0.2) is 0 Å². The predicted octanol–water partition coefficient (Wildman–Crippen LogP) is 1.20. The minimum Gasteiger partial charge on any atom is -0.489 e. The van der Waals surface area contributed by atoms with E-state index < -0.39 is 0 Å². The Morgan fingerprint density at radius 1 is 1.14 bits per heavy atom. The van der Waals surface area contributed by atoms with Gasteiger partial charge in [-0.15, -0.1) is 0 Å². The fourth-order valence-corrected chi connectivity index (χ4v) is 1.85. The average molecular weight is 193 g/mol. The zero-order valence-corrected chi connectivity index (χ0v) is 7.66. The lowest BCUT2D eigenvalue weighted by molar-refractivity contribution is 0.167. The number of ether oxygens (including phenoxy) is 3. The minimum atomic E-state index is 0.0493. The Kier molecular flexibility index (Phi) is 1.58. The Hall–Kier alpha value is -1.42. The van der Waals surface area contributed by atoms with Gasteiger partial charge in [0.15, 0.2) is 11.5 Å². The van der Waals surface area contributed by atoms with Gasteiger partial charge in [-0.1, -0.05) is 0 Å². The molecule has 2 aliphatic heterocycles. The predicted molar refractivity (Wildman–Crippen MR) is 49.6 cm³/mol. The van der Waals surface area contributed by atoms with E-state index in [2.05, 4.69) is 0 Å². The zero-order valence-electron chi connectivity index (χ0n) is 7.66. The minimum absolute atomic E-state index is 0.0493. The molecule has 0 saturated carbocycles. The third-order valence-electron chi connectivity index (χ3n) is 2.60. The van der Waals surface area contributed by atoms with Crippen molar-refractivity contribution < 1.29 is 14.2 Å². The maximum absolute atomic E-state index is 5.96. The molecular formula is C10H11NO3. The van der Waals surface area contributed by atoms with Crippen LogP contribution < -0.4 is 19.9 Å². The molecular weight excluding hydrogens is 182 g/mol. The third kappa shape index (κ3) is 0.974. The van der Waals surface area contributed by atoms with Crippen LogP contribution in [0.5, 0.6) is 17.2 Å². The first kappa shape index (κ1) is 7.94. The number of hydrogen-bond donors (Lipinski definition) is 1. The molecule has 4 heteroatoms. The molecule has 2 aliphatic rings. The van der Waals surface area contributed by atoms with Crippen LogP contribution in [-0.2, 0) is 0 Å². The lowest BCUT2D eigenvalue weighted by Crippen LogP contribution is -2.20. The second-order valence-electron chi connectivity index (χ2n) is 3.46. The number of benzene rings is 1. The Morgan fingerprint density at radius 2 is 2.07 bits per heavy atom. The molecule has 0 fully saturated rings. The molecule has 1 atom stereocenters. The van der Waals surface area contributed by atoms with Gasteiger partial charge in [0.2, 0.25) is 12.5 Å². The summed E-state index contributed by atoms with van der Waals surface area (Å²) in [7, 11) is 0. The normalized spacial score (nSPS) is 22.8. The van der Waals surface area contributed by atoms with Crippen LogP contribution in [0.4, 0.5) is 0 Å². The fourth-order valence-electron chi connectivity index (χ4n) is 1.85. The lowest BCUT2D eigenvalue weighted by atomic mass is 10.0. The molecule has 3 rings (SSSR count). The van der Waals surface area contributed by atoms with E-state index in [0.29, 0.717) is 12.4 Å². The van der Waals surface area contributed by atoms with Crippen LogP contribution in [0, 0.1) is 0 Å². The van der Waals surface area contributed by atoms with E-state index in [-0.39, 0.29) is 12.8 Å². The number of hydrogen-bond acceptors (Lipinski definition) is 4. The van der Waals surface area contributed by atoms with Gasteiger partial charge in [0.25, 0.3) is 0 Å². The summed E-state index contributed by atoms with van der Waals surface area (Å²) in [6.07, 6.45) is 0.854. The third-order valence-corrected chi connectivity index (χ3v) is 2.60. The van der Waals surface area contributed by atoms with Crippen molar-refractivity contribution in [2.75, 3.05) is 13.4 Å². The van der Waals surface area contributed by atoms with Crippen LogP contribution in [-0.4, -0.2) is 13.4 Å². The van der Waals surface area contributed by atoms with Crippen molar-refractivity contribution >= 4 is 0 Å². The van der Waals surface area contributed by atoms with Crippen molar-refractivity contribution in [3.63, 3.8) is 0 Å². The molecule has 14 heavy (non-hydrogen) atoms. The molecule has 1 unspecified atom stereocenters. The largest absolute Gasteiger partial charge is 0.489 e. The molecule has 0 saturated heterocycles. The van der Waals surface area contributed by atoms with Crippen molar-refractivity contribution in [3.05, 3.63) is 17.7 Å². The molecule has 1 aromatic carbocycles. The first-order valence-electron chi connectivity index (χ1n) is 4.67. The highest BCUT2D eigenvalue weighted by molar-refractivity contribution is 5.58. The van der Waals surface area contributed by atoms with E-state index in [1.807, 2.05) is 12.1 Å². The number of rotatable bonds is 0. The Bertz CT molecular complexity index is 378. The van der Waals surface area contributed by atoms with E-state index in [1.165, 1.54) is 0 Å². The van der Waals surface area contributed by atoms with Crippen molar-refractivity contribution in [2.24, 2.45) is 5.73 Å². The molecule has 2 heterocycles. The molecule has 0 radical (unpaired) electrons. The maximum atomic E-state index is 5.96. The van der Waals surface area contributed by atoms with E-state index in [9.17, 15) is 0 Å². The van der Waals surface area contributed by atoms with Gasteiger partial charge in [-0.3, -0.25) is 0 Å². The Balaban J connectivity index is 2.17. The lowest BCUT2D eigenvalue weighted by Gasteiger charge is -2.23. The highest BCUT2D eigenvalue weighted by Crippen LogP contribution is 2.46. The van der Waals surface area contributed by atoms with Crippen LogP contribution >= 0.6 is 0 Å². The molecule has 0 aromatic heterocycles. The van der Waals surface area contributed by atoms with Crippen LogP contribution in [0.1, 0.15) is 18.0 Å². The highest BCUT2D eigenvalue weighted by atomic mass is 16.7. The molecule has 2 N–H and O–H groups in total. The van der Waals surface area contributed by atoms with E-state index >= 15 is 0 Å². The summed E-state index contributed by atoms with van der Waals surface area (Å²) >= 11 is 0. The van der Waals surface area contributed by atoms with Gasteiger partial charge in [-0.2, -0.15) is 0 Å². The summed E-state index contributed by atoms with van der Waals surface area (Å²) < 4.78 is 16.2. The first-order valence-corrected chi connectivity index (χ1v) is 4.67. The van der Waals surface area contributed by atoms with Gasteiger partial charge in [0, 0.05) is 18.0 Å². The maximum Gasteiger partial charge on any atom is 0.231 e. The molecule has 0 spiro atoms. The van der Waals surface area contributed by atoms with Gasteiger partial charge >= 0.3 is 0 Å². The molecule has 4 nitrogen and oxygen atoms in total. The van der Waals surface area contributed by atoms with Gasteiger partial charge < -0.3 is 19.9 Å². The summed E-state index contributed by atoms with van der Waals surface area (Å²) in [5.41, 5.74) is 6.98. The smallest absolute Gasteiger partial charge is 0.231 e. The monoisotopic (exact) mass is 193 g/mol. The van der Waals surface area contributed by atoms with Crippen LogP contribution in [0.15, 0.2) is 12.1 Å². The first-order chi connectivity index (χ1) is 6.86. The topological polar surface area (TPSA) is 53.7 Å². The summed E-state index contributed by atoms with van der Waals surface area (Å²) in [4.78, 5) is 0. The Morgan fingerprint density at radius 3 is 3.00 bits per heavy atom. The van der Waals surface area contributed by atoms with Crippen molar-refractivity contribution in [1.29, 1.82) is 0 Å². The van der Waals surface area contributed by atoms with Crippen molar-refractivity contribution in [1.82, 2.24) is 0 Å². The second kappa shape index (κ2) is 2.78. The van der Waals surface area contributed by atoms with Crippen molar-refractivity contribution in [2.45, 2.75) is 12.5 Å². The van der Waals surface area contributed by atoms with E-state index in [1.54, 1.807) is 0 Å². The number of nitrogens with two attached hydrogens (primary N) is 1. The van der Waals surface area contributed by atoms with E-state index in [4.69, 9.17) is 19.9 Å². The van der Waals surface area contributed by atoms with Crippen LogP contribution in [0.2, 0.25) is 0 Å². The molecule has 74 valence electrons. The summed E-state index contributed by atoms with van der Waals surface area (Å²) in [6.45, 7) is 0.915. The van der Waals surface area contributed by atoms with Crippen LogP contribution in [0.25, 0.3) is 0 Å². The SMILES string of the molecule is NC1CCOc2c1ccc1c2OCO1. The molecule has 0 bridgehead atoms. The number of fused-ring (bicyclic) bond motifs is 3. The Labute approximate surface area is 81.6 Å². The summed E-state index contributed by atoms with van der Waals surface area (Å²) in [5.74, 6) is 2.22. The molecule has 0 aliphatic carbocycles. The molecule has 0 amide bonds. The summed E-state index contributed by atoms with van der Waals surface area (Å²) in [5, 5.41) is 0. The second-order valence-corrected chi connectivity index (χ2v) is 3.46. The average Bonchev–Trinajstić information content (AvgIpc) is 2.66. The van der Waals surface area contributed by atoms with Gasteiger partial charge in [0.05, 0.1) is 6.61 Å². The highest BCUT2D eigenvalue weighted by Gasteiger charge is 2.27. The van der Waals surface area contributed by atoms with Gasteiger partial charge in [0.1, 0.15) is 0 Å². The zero-order chi connectivity index (χ0) is 9.54. The fraction of sp³-hybridized carbons (Fsp3) is 0.400. The van der Waals surface area contributed by atoms with Crippen LogP contribution in [0.3, 0.4) is 0 Å². The van der Waals surface area contributed by atoms with E-state index in [0.717, 1.165) is 23.5 Å². The van der Waals surface area contributed by atoms with Gasteiger partial charge in [-0.05, 0) is 12.1 Å². The summed E-state index contributed by atoms with van der Waals surface area (Å²) in [6, 6.07) is 3.88. The van der Waals surface area contributed by atoms with Crippen molar-refractivity contribution in [3.8, 4) is 17.2 Å². The standard InChI is InChI=1S/C10H11NO3/c11-7-3-4-12-9-6(7)1-2-8-10(9)14-5-13-8/h1-2,7H,3-5,11H2.